The van der Waals surface area contributed by atoms with Gasteiger partial charge < -0.3 is 10.7 Å². The number of para-hydroxylation sites is 1. The van der Waals surface area contributed by atoms with Crippen molar-refractivity contribution in [3.05, 3.63) is 35.9 Å². The number of nitrogen functional groups attached to an aromatic ring is 1. The number of rotatable bonds is 7. The van der Waals surface area contributed by atoms with E-state index in [1.807, 2.05) is 24.3 Å². The molecule has 5 heteroatoms. The topological polar surface area (TPSA) is 80.0 Å². The van der Waals surface area contributed by atoms with Gasteiger partial charge in [0.05, 0.1) is 11.1 Å². The molecule has 0 fully saturated rings. The van der Waals surface area contributed by atoms with E-state index in [4.69, 9.17) is 5.84 Å². The van der Waals surface area contributed by atoms with Gasteiger partial charge in [-0.15, -0.1) is 0 Å². The van der Waals surface area contributed by atoms with Crippen LogP contribution in [0.4, 0.5) is 5.82 Å². The third kappa shape index (κ3) is 3.92. The summed E-state index contributed by atoms with van der Waals surface area (Å²) in [6.07, 6.45) is 4.54. The Balaban J connectivity index is 2.14. The molecule has 5 nitrogen and oxygen atoms in total. The van der Waals surface area contributed by atoms with Crippen LogP contribution in [0, 0.1) is 0 Å². The van der Waals surface area contributed by atoms with Gasteiger partial charge in [-0.2, -0.15) is 0 Å². The highest BCUT2D eigenvalue weighted by molar-refractivity contribution is 6.06. The van der Waals surface area contributed by atoms with E-state index in [1.165, 1.54) is 12.8 Å². The first-order valence-corrected chi connectivity index (χ1v) is 7.41. The molecule has 1 heterocycles. The highest BCUT2D eigenvalue weighted by Gasteiger charge is 2.12. The van der Waals surface area contributed by atoms with Crippen LogP contribution in [0.1, 0.15) is 43.0 Å². The van der Waals surface area contributed by atoms with Crippen LogP contribution in [-0.2, 0) is 0 Å². The Morgan fingerprint density at radius 1 is 1.24 bits per heavy atom. The molecule has 0 bridgehead atoms. The van der Waals surface area contributed by atoms with Crippen molar-refractivity contribution in [1.82, 2.24) is 10.3 Å². The molecule has 0 aliphatic rings. The van der Waals surface area contributed by atoms with Crippen molar-refractivity contribution in [3.8, 4) is 0 Å². The summed E-state index contributed by atoms with van der Waals surface area (Å²) in [6.45, 7) is 2.86. The molecule has 0 aliphatic carbocycles. The first-order chi connectivity index (χ1) is 10.3. The van der Waals surface area contributed by atoms with Gasteiger partial charge in [-0.05, 0) is 18.6 Å². The van der Waals surface area contributed by atoms with E-state index in [1.54, 1.807) is 6.07 Å². The molecule has 2 rings (SSSR count). The number of carbonyl (C=O) groups is 1. The molecule has 21 heavy (non-hydrogen) atoms. The Labute approximate surface area is 124 Å². The molecule has 112 valence electrons. The number of hydrazine groups is 1. The molecule has 1 aromatic carbocycles. The van der Waals surface area contributed by atoms with Crippen molar-refractivity contribution in [1.29, 1.82) is 0 Å². The van der Waals surface area contributed by atoms with Crippen molar-refractivity contribution in [2.45, 2.75) is 32.6 Å². The number of benzene rings is 1. The summed E-state index contributed by atoms with van der Waals surface area (Å²) in [5.74, 6) is 5.83. The van der Waals surface area contributed by atoms with Gasteiger partial charge in [0, 0.05) is 11.9 Å². The van der Waals surface area contributed by atoms with E-state index >= 15 is 0 Å². The number of unbranched alkanes of at least 4 members (excludes halogenated alkanes) is 3. The van der Waals surface area contributed by atoms with Crippen LogP contribution >= 0.6 is 0 Å². The lowest BCUT2D eigenvalue weighted by Gasteiger charge is -2.10. The molecule has 2 aromatic rings. The van der Waals surface area contributed by atoms with Crippen LogP contribution in [0.15, 0.2) is 30.3 Å². The van der Waals surface area contributed by atoms with Crippen molar-refractivity contribution in [2.75, 3.05) is 12.0 Å². The molecular weight excluding hydrogens is 264 g/mol. The van der Waals surface area contributed by atoms with Gasteiger partial charge in [0.2, 0.25) is 0 Å². The van der Waals surface area contributed by atoms with Crippen LogP contribution < -0.4 is 16.6 Å². The highest BCUT2D eigenvalue weighted by atomic mass is 16.1. The van der Waals surface area contributed by atoms with Gasteiger partial charge in [0.15, 0.2) is 0 Å². The number of hydrogen-bond donors (Lipinski definition) is 3. The second kappa shape index (κ2) is 7.59. The molecule has 0 unspecified atom stereocenters. The Kier molecular flexibility index (Phi) is 5.51. The van der Waals surface area contributed by atoms with Gasteiger partial charge in [-0.3, -0.25) is 4.79 Å². The monoisotopic (exact) mass is 286 g/mol. The lowest BCUT2D eigenvalue weighted by Crippen LogP contribution is -2.25. The molecule has 0 atom stereocenters. The lowest BCUT2D eigenvalue weighted by molar-refractivity contribution is 0.0954. The first kappa shape index (κ1) is 15.3. The summed E-state index contributed by atoms with van der Waals surface area (Å²) in [5.41, 5.74) is 3.86. The van der Waals surface area contributed by atoms with E-state index in [0.717, 1.165) is 23.7 Å². The molecule has 4 N–H and O–H groups in total. The predicted octanol–water partition coefficient (Wildman–Crippen LogP) is 2.83. The molecule has 0 saturated heterocycles. The van der Waals surface area contributed by atoms with Crippen LogP contribution in [0.2, 0.25) is 0 Å². The second-order valence-corrected chi connectivity index (χ2v) is 5.03. The quantitative estimate of drug-likeness (QED) is 0.415. The fourth-order valence-corrected chi connectivity index (χ4v) is 2.29. The Bertz CT molecular complexity index is 612. The number of carbonyl (C=O) groups excluding carboxylic acids is 1. The van der Waals surface area contributed by atoms with E-state index in [0.29, 0.717) is 17.9 Å². The number of fused-ring (bicyclic) bond motifs is 1. The number of aromatic nitrogens is 1. The smallest absolute Gasteiger partial charge is 0.252 e. The Morgan fingerprint density at radius 2 is 2.05 bits per heavy atom. The third-order valence-corrected chi connectivity index (χ3v) is 3.42. The molecule has 1 amide bonds. The summed E-state index contributed by atoms with van der Waals surface area (Å²) in [6, 6.07) is 9.24. The fourth-order valence-electron chi connectivity index (χ4n) is 2.29. The van der Waals surface area contributed by atoms with E-state index in [-0.39, 0.29) is 5.91 Å². The van der Waals surface area contributed by atoms with Gasteiger partial charge in [-0.1, -0.05) is 44.4 Å². The summed E-state index contributed by atoms with van der Waals surface area (Å²) in [7, 11) is 0. The second-order valence-electron chi connectivity index (χ2n) is 5.03. The zero-order valence-electron chi connectivity index (χ0n) is 12.4. The number of nitrogens with zero attached hydrogens (tertiary/aromatic N) is 1. The first-order valence-electron chi connectivity index (χ1n) is 7.41. The summed E-state index contributed by atoms with van der Waals surface area (Å²) in [4.78, 5) is 16.7. The minimum absolute atomic E-state index is 0.0819. The Morgan fingerprint density at radius 3 is 2.81 bits per heavy atom. The van der Waals surface area contributed by atoms with Crippen molar-refractivity contribution in [3.63, 3.8) is 0 Å². The molecule has 0 spiro atoms. The molecule has 1 aromatic heterocycles. The van der Waals surface area contributed by atoms with Crippen LogP contribution in [-0.4, -0.2) is 17.4 Å². The number of anilines is 1. The third-order valence-electron chi connectivity index (χ3n) is 3.42. The van der Waals surface area contributed by atoms with Crippen molar-refractivity contribution >= 4 is 22.6 Å². The SMILES string of the molecule is CCCCCCNC(=O)c1cc(NN)nc2ccccc12. The number of nitrogens with two attached hydrogens (primary N) is 1. The minimum Gasteiger partial charge on any atom is -0.352 e. The number of hydrogen-bond acceptors (Lipinski definition) is 4. The maximum Gasteiger partial charge on any atom is 0.252 e. The largest absolute Gasteiger partial charge is 0.352 e. The van der Waals surface area contributed by atoms with Crippen molar-refractivity contribution < 1.29 is 4.79 Å². The van der Waals surface area contributed by atoms with Gasteiger partial charge in [-0.25, -0.2) is 10.8 Å². The average Bonchev–Trinajstić information content (AvgIpc) is 2.53. The van der Waals surface area contributed by atoms with Gasteiger partial charge >= 0.3 is 0 Å². The fraction of sp³-hybridized carbons (Fsp3) is 0.375. The number of pyridine rings is 1. The summed E-state index contributed by atoms with van der Waals surface area (Å²) >= 11 is 0. The number of amides is 1. The zero-order valence-corrected chi connectivity index (χ0v) is 12.4. The van der Waals surface area contributed by atoms with E-state index in [9.17, 15) is 4.79 Å². The van der Waals surface area contributed by atoms with E-state index < -0.39 is 0 Å². The maximum absolute atomic E-state index is 12.4. The molecule has 0 radical (unpaired) electrons. The van der Waals surface area contributed by atoms with Gasteiger partial charge in [0.1, 0.15) is 5.82 Å². The molecule has 0 aliphatic heterocycles. The van der Waals surface area contributed by atoms with Crippen LogP contribution in [0.25, 0.3) is 10.9 Å². The lowest BCUT2D eigenvalue weighted by atomic mass is 10.1. The average molecular weight is 286 g/mol. The number of nitrogens with one attached hydrogen (secondary N) is 2. The Hall–Kier alpha value is -2.14. The normalized spacial score (nSPS) is 10.6. The summed E-state index contributed by atoms with van der Waals surface area (Å²) in [5, 5.41) is 3.80. The standard InChI is InChI=1S/C16H22N4O/c1-2-3-4-7-10-18-16(21)13-11-15(20-17)19-14-9-6-5-8-12(13)14/h5-6,8-9,11H,2-4,7,10,17H2,1H3,(H,18,21)(H,19,20). The van der Waals surface area contributed by atoms with E-state index in [2.05, 4.69) is 22.7 Å². The zero-order chi connectivity index (χ0) is 15.1. The van der Waals surface area contributed by atoms with Crippen molar-refractivity contribution in [2.24, 2.45) is 5.84 Å². The van der Waals surface area contributed by atoms with Crippen LogP contribution in [0.3, 0.4) is 0 Å². The van der Waals surface area contributed by atoms with Gasteiger partial charge in [0.25, 0.3) is 5.91 Å². The maximum atomic E-state index is 12.4. The molecular formula is C16H22N4O. The minimum atomic E-state index is -0.0819. The highest BCUT2D eigenvalue weighted by Crippen LogP contribution is 2.20. The van der Waals surface area contributed by atoms with Crippen LogP contribution in [0.5, 0.6) is 0 Å². The summed E-state index contributed by atoms with van der Waals surface area (Å²) < 4.78 is 0. The molecule has 0 saturated carbocycles. The predicted molar refractivity (Wildman–Crippen MR) is 86.0 cm³/mol.